The molecular weight excluding hydrogens is 136 g/mol. The van der Waals surface area contributed by atoms with Crippen molar-refractivity contribution in [3.63, 3.8) is 0 Å². The summed E-state index contributed by atoms with van der Waals surface area (Å²) in [5.41, 5.74) is 0. The average molecular weight is 158 g/mol. The lowest BCUT2D eigenvalue weighted by molar-refractivity contribution is 0.198. The van der Waals surface area contributed by atoms with E-state index in [0.29, 0.717) is 0 Å². The van der Waals surface area contributed by atoms with E-state index < -0.39 is 0 Å². The lowest BCUT2D eigenvalue weighted by Crippen LogP contribution is -2.39. The van der Waals surface area contributed by atoms with E-state index in [1.54, 1.807) is 0 Å². The van der Waals surface area contributed by atoms with E-state index in [1.165, 1.54) is 13.0 Å². The largest absolute Gasteiger partial charge is 0.308 e. The van der Waals surface area contributed by atoms with Crippen molar-refractivity contribution in [2.75, 3.05) is 34.2 Å². The molecule has 2 nitrogen and oxygen atoms in total. The molecule has 1 unspecified atom stereocenters. The summed E-state index contributed by atoms with van der Waals surface area (Å²) in [5, 5.41) is 0. The Morgan fingerprint density at radius 1 is 1.09 bits per heavy atom. The third kappa shape index (κ3) is 4.38. The first kappa shape index (κ1) is 10.9. The molecule has 0 radical (unpaired) electrons. The third-order valence-electron chi connectivity index (χ3n) is 2.17. The molecule has 0 bridgehead atoms. The second kappa shape index (κ2) is 5.56. The number of hydrogen-bond acceptors (Lipinski definition) is 2. The van der Waals surface area contributed by atoms with Crippen LogP contribution in [0.2, 0.25) is 0 Å². The normalized spacial score (nSPS) is 14.5. The van der Waals surface area contributed by atoms with Gasteiger partial charge in [-0.25, -0.2) is 0 Å². The van der Waals surface area contributed by atoms with E-state index in [0.717, 1.165) is 12.6 Å². The van der Waals surface area contributed by atoms with Crippen LogP contribution in [0.25, 0.3) is 0 Å². The average Bonchev–Trinajstić information content (AvgIpc) is 1.98. The van der Waals surface area contributed by atoms with Gasteiger partial charge in [0.25, 0.3) is 0 Å². The quantitative estimate of drug-likeness (QED) is 0.594. The number of nitrogens with zero attached hydrogens (tertiary/aromatic N) is 2. The van der Waals surface area contributed by atoms with Gasteiger partial charge in [-0.2, -0.15) is 0 Å². The summed E-state index contributed by atoms with van der Waals surface area (Å²) in [6.07, 6.45) is 1.24. The molecule has 1 atom stereocenters. The topological polar surface area (TPSA) is 6.48 Å². The molecule has 0 aromatic carbocycles. The minimum atomic E-state index is 0.718. The Morgan fingerprint density at radius 3 is 1.91 bits per heavy atom. The molecule has 0 N–H and O–H groups in total. The number of rotatable bonds is 5. The van der Waals surface area contributed by atoms with Gasteiger partial charge in [0.1, 0.15) is 0 Å². The molecule has 0 aliphatic rings. The van der Waals surface area contributed by atoms with Crippen molar-refractivity contribution in [3.05, 3.63) is 0 Å². The number of likely N-dealkylation sites (N-methyl/N-ethyl adjacent to an activating group) is 2. The van der Waals surface area contributed by atoms with Crippen LogP contribution in [-0.4, -0.2) is 50.1 Å². The summed E-state index contributed by atoms with van der Waals surface area (Å²) in [5.74, 6) is 0. The van der Waals surface area contributed by atoms with E-state index in [2.05, 4.69) is 44.8 Å². The molecule has 0 saturated carbocycles. The van der Waals surface area contributed by atoms with Crippen molar-refractivity contribution in [1.29, 1.82) is 0 Å². The zero-order valence-electron chi connectivity index (χ0n) is 8.59. The molecule has 0 aliphatic carbocycles. The van der Waals surface area contributed by atoms with Crippen molar-refractivity contribution in [2.45, 2.75) is 26.3 Å². The molecule has 0 rings (SSSR count). The predicted molar refractivity (Wildman–Crippen MR) is 50.9 cm³/mol. The third-order valence-corrected chi connectivity index (χ3v) is 2.17. The van der Waals surface area contributed by atoms with Crippen molar-refractivity contribution in [1.82, 2.24) is 9.80 Å². The maximum atomic E-state index is 2.40. The zero-order chi connectivity index (χ0) is 8.85. The summed E-state index contributed by atoms with van der Waals surface area (Å²) >= 11 is 0. The maximum Gasteiger partial charge on any atom is 0.0217 e. The molecule has 11 heavy (non-hydrogen) atoms. The highest BCUT2D eigenvalue weighted by Crippen LogP contribution is 2.01. The first-order valence-corrected chi connectivity index (χ1v) is 4.46. The fraction of sp³-hybridized carbons (Fsp3) is 1.00. The summed E-state index contributed by atoms with van der Waals surface area (Å²) < 4.78 is 0. The second-order valence-electron chi connectivity index (χ2n) is 3.40. The lowest BCUT2D eigenvalue weighted by atomic mass is 10.2. The zero-order valence-corrected chi connectivity index (χ0v) is 8.59. The van der Waals surface area contributed by atoms with E-state index in [1.807, 2.05) is 0 Å². The van der Waals surface area contributed by atoms with Gasteiger partial charge in [-0.1, -0.05) is 13.8 Å². The van der Waals surface area contributed by atoms with Crippen molar-refractivity contribution < 1.29 is 0 Å². The lowest BCUT2D eigenvalue weighted by Gasteiger charge is -2.28. The highest BCUT2D eigenvalue weighted by Gasteiger charge is 2.10. The van der Waals surface area contributed by atoms with Gasteiger partial charge in [-0.05, 0) is 34.1 Å². The van der Waals surface area contributed by atoms with Gasteiger partial charge >= 0.3 is 0 Å². The van der Waals surface area contributed by atoms with E-state index in [9.17, 15) is 0 Å². The fourth-order valence-corrected chi connectivity index (χ4v) is 1.26. The molecule has 2 heteroatoms. The minimum Gasteiger partial charge on any atom is -0.308 e. The van der Waals surface area contributed by atoms with E-state index in [4.69, 9.17) is 0 Å². The molecule has 0 fully saturated rings. The van der Waals surface area contributed by atoms with Crippen LogP contribution in [0.3, 0.4) is 0 Å². The first-order valence-electron chi connectivity index (χ1n) is 4.46. The molecule has 0 saturated heterocycles. The minimum absolute atomic E-state index is 0.718. The fourth-order valence-electron chi connectivity index (χ4n) is 1.26. The molecule has 0 heterocycles. The maximum absolute atomic E-state index is 2.40. The molecular formula is C9H22N2. The monoisotopic (exact) mass is 158 g/mol. The molecule has 0 spiro atoms. The Labute approximate surface area is 71.2 Å². The van der Waals surface area contributed by atoms with E-state index in [-0.39, 0.29) is 0 Å². The Balaban J connectivity index is 3.74. The van der Waals surface area contributed by atoms with Crippen LogP contribution >= 0.6 is 0 Å². The Bertz CT molecular complexity index is 91.6. The molecule has 0 amide bonds. The molecule has 0 aromatic heterocycles. The van der Waals surface area contributed by atoms with Gasteiger partial charge in [0, 0.05) is 12.6 Å². The van der Waals surface area contributed by atoms with Gasteiger partial charge < -0.3 is 9.80 Å². The van der Waals surface area contributed by atoms with Crippen LogP contribution in [-0.2, 0) is 0 Å². The van der Waals surface area contributed by atoms with Crippen LogP contribution in [0, 0.1) is 0 Å². The summed E-state index contributed by atoms with van der Waals surface area (Å²) in [6, 6.07) is 0.718. The Hall–Kier alpha value is -0.0800. The van der Waals surface area contributed by atoms with Crippen molar-refractivity contribution >= 4 is 0 Å². The van der Waals surface area contributed by atoms with Crippen LogP contribution in [0.4, 0.5) is 0 Å². The van der Waals surface area contributed by atoms with Gasteiger partial charge in [-0.15, -0.1) is 0 Å². The molecule has 0 aliphatic heterocycles. The second-order valence-corrected chi connectivity index (χ2v) is 3.40. The number of hydrogen-bond donors (Lipinski definition) is 0. The summed E-state index contributed by atoms with van der Waals surface area (Å²) in [6.45, 7) is 6.77. The highest BCUT2D eigenvalue weighted by atomic mass is 15.2. The van der Waals surface area contributed by atoms with Crippen molar-refractivity contribution in [2.24, 2.45) is 0 Å². The van der Waals surface area contributed by atoms with Crippen LogP contribution in [0.15, 0.2) is 0 Å². The Kier molecular flexibility index (Phi) is 5.51. The summed E-state index contributed by atoms with van der Waals surface area (Å²) in [4.78, 5) is 4.65. The van der Waals surface area contributed by atoms with Gasteiger partial charge in [0.15, 0.2) is 0 Å². The smallest absolute Gasteiger partial charge is 0.0217 e. The first-order chi connectivity index (χ1) is 5.11. The summed E-state index contributed by atoms with van der Waals surface area (Å²) in [7, 11) is 6.45. The van der Waals surface area contributed by atoms with Crippen LogP contribution < -0.4 is 0 Å². The van der Waals surface area contributed by atoms with Crippen LogP contribution in [0.5, 0.6) is 0 Å². The standard InChI is InChI=1S/C9H22N2/c1-6-9(8-10(3)4)11(5)7-2/h9H,6-8H2,1-5H3. The predicted octanol–water partition coefficient (Wildman–Crippen LogP) is 1.28. The van der Waals surface area contributed by atoms with Crippen molar-refractivity contribution in [3.8, 4) is 0 Å². The van der Waals surface area contributed by atoms with E-state index >= 15 is 0 Å². The van der Waals surface area contributed by atoms with Crippen LogP contribution in [0.1, 0.15) is 20.3 Å². The van der Waals surface area contributed by atoms with Gasteiger partial charge in [-0.3, -0.25) is 0 Å². The van der Waals surface area contributed by atoms with Gasteiger partial charge in [0.2, 0.25) is 0 Å². The highest BCUT2D eigenvalue weighted by molar-refractivity contribution is 4.68. The Morgan fingerprint density at radius 2 is 1.64 bits per heavy atom. The molecule has 68 valence electrons. The SMILES string of the molecule is CCC(CN(C)C)N(C)CC. The molecule has 0 aromatic rings. The van der Waals surface area contributed by atoms with Gasteiger partial charge in [0.05, 0.1) is 0 Å².